The van der Waals surface area contributed by atoms with Gasteiger partial charge in [0.05, 0.1) is 13.2 Å². The van der Waals surface area contributed by atoms with Crippen molar-refractivity contribution in [2.75, 3.05) is 32.8 Å². The van der Waals surface area contributed by atoms with Gasteiger partial charge >= 0.3 is 0 Å². The van der Waals surface area contributed by atoms with Gasteiger partial charge in [0, 0.05) is 13.2 Å². The molecule has 2 aromatic carbocycles. The molecule has 1 fully saturated rings. The van der Waals surface area contributed by atoms with E-state index in [9.17, 15) is 8.78 Å². The Morgan fingerprint density at radius 2 is 1.50 bits per heavy atom. The second kappa shape index (κ2) is 12.0. The third kappa shape index (κ3) is 7.74. The highest BCUT2D eigenvalue weighted by atomic mass is 35.5. The number of nitrogens with zero attached hydrogens (tertiary/aromatic N) is 1. The number of rotatable bonds is 9. The maximum Gasteiger partial charge on any atom is 0.123 e. The summed E-state index contributed by atoms with van der Waals surface area (Å²) in [5, 5.41) is 0. The van der Waals surface area contributed by atoms with Gasteiger partial charge in [-0.15, -0.1) is 12.4 Å². The van der Waals surface area contributed by atoms with Crippen molar-refractivity contribution < 1.29 is 18.3 Å². The van der Waals surface area contributed by atoms with E-state index in [1.807, 2.05) is 0 Å². The summed E-state index contributed by atoms with van der Waals surface area (Å²) in [6.45, 7) is 5.14. The third-order valence-corrected chi connectivity index (χ3v) is 4.94. The number of hydrogen-bond acceptors (Lipinski definition) is 3. The van der Waals surface area contributed by atoms with Crippen molar-refractivity contribution in [2.24, 2.45) is 5.92 Å². The van der Waals surface area contributed by atoms with Crippen molar-refractivity contribution in [1.29, 1.82) is 0 Å². The molecular formula is C22H28ClF2NO2. The zero-order valence-corrected chi connectivity index (χ0v) is 16.8. The Balaban J connectivity index is 0.00000280. The van der Waals surface area contributed by atoms with Crippen LogP contribution in [0.5, 0.6) is 5.75 Å². The van der Waals surface area contributed by atoms with E-state index < -0.39 is 0 Å². The van der Waals surface area contributed by atoms with Crippen molar-refractivity contribution in [2.45, 2.75) is 25.9 Å². The van der Waals surface area contributed by atoms with Gasteiger partial charge in [-0.1, -0.05) is 12.1 Å². The highest BCUT2D eigenvalue weighted by Crippen LogP contribution is 2.18. The average Bonchev–Trinajstić information content (AvgIpc) is 2.69. The van der Waals surface area contributed by atoms with Gasteiger partial charge in [-0.3, -0.25) is 0 Å². The first kappa shape index (κ1) is 22.6. The molecule has 2 aromatic rings. The Bertz CT molecular complexity index is 674. The fraction of sp³-hybridized carbons (Fsp3) is 0.455. The summed E-state index contributed by atoms with van der Waals surface area (Å²) in [7, 11) is 0. The molecule has 154 valence electrons. The van der Waals surface area contributed by atoms with Gasteiger partial charge in [-0.05, 0) is 80.2 Å². The summed E-state index contributed by atoms with van der Waals surface area (Å²) in [5.74, 6) is 0.853. The normalized spacial score (nSPS) is 15.2. The summed E-state index contributed by atoms with van der Waals surface area (Å²) >= 11 is 0. The minimum Gasteiger partial charge on any atom is -0.494 e. The van der Waals surface area contributed by atoms with Crippen LogP contribution in [0, 0.1) is 17.6 Å². The number of benzene rings is 2. The van der Waals surface area contributed by atoms with Gasteiger partial charge in [-0.25, -0.2) is 8.78 Å². The molecule has 0 saturated carbocycles. The van der Waals surface area contributed by atoms with E-state index >= 15 is 0 Å². The number of hydrogen-bond donors (Lipinski definition) is 0. The van der Waals surface area contributed by atoms with Crippen LogP contribution in [0.2, 0.25) is 0 Å². The van der Waals surface area contributed by atoms with Crippen molar-refractivity contribution in [1.82, 2.24) is 4.90 Å². The monoisotopic (exact) mass is 411 g/mol. The van der Waals surface area contributed by atoms with Crippen LogP contribution in [-0.2, 0) is 11.3 Å². The first-order valence-electron chi connectivity index (χ1n) is 9.62. The maximum atomic E-state index is 12.9. The van der Waals surface area contributed by atoms with E-state index in [4.69, 9.17) is 9.47 Å². The Labute approximate surface area is 172 Å². The average molecular weight is 412 g/mol. The van der Waals surface area contributed by atoms with Crippen molar-refractivity contribution in [3.05, 3.63) is 65.7 Å². The van der Waals surface area contributed by atoms with Gasteiger partial charge < -0.3 is 14.4 Å². The highest BCUT2D eigenvalue weighted by molar-refractivity contribution is 5.85. The molecule has 0 N–H and O–H groups in total. The van der Waals surface area contributed by atoms with E-state index in [-0.39, 0.29) is 24.0 Å². The molecule has 1 aliphatic heterocycles. The van der Waals surface area contributed by atoms with Crippen LogP contribution in [0.4, 0.5) is 8.78 Å². The first-order valence-corrected chi connectivity index (χ1v) is 9.62. The van der Waals surface area contributed by atoms with Crippen LogP contribution in [0.1, 0.15) is 24.8 Å². The largest absolute Gasteiger partial charge is 0.494 e. The van der Waals surface area contributed by atoms with Crippen molar-refractivity contribution in [3.63, 3.8) is 0 Å². The molecule has 0 spiro atoms. The lowest BCUT2D eigenvalue weighted by Crippen LogP contribution is -2.36. The summed E-state index contributed by atoms with van der Waals surface area (Å²) < 4.78 is 37.2. The smallest absolute Gasteiger partial charge is 0.123 e. The number of piperidine rings is 1. The topological polar surface area (TPSA) is 21.7 Å². The van der Waals surface area contributed by atoms with Crippen molar-refractivity contribution in [3.8, 4) is 5.75 Å². The Morgan fingerprint density at radius 3 is 2.14 bits per heavy atom. The van der Waals surface area contributed by atoms with Gasteiger partial charge in [-0.2, -0.15) is 0 Å². The number of likely N-dealkylation sites (tertiary alicyclic amines) is 1. The zero-order chi connectivity index (χ0) is 18.9. The Kier molecular flexibility index (Phi) is 9.68. The van der Waals surface area contributed by atoms with Crippen LogP contribution in [0.15, 0.2) is 48.5 Å². The van der Waals surface area contributed by atoms with Gasteiger partial charge in [0.2, 0.25) is 0 Å². The summed E-state index contributed by atoms with van der Waals surface area (Å²) in [5.41, 5.74) is 1.01. The predicted octanol–water partition coefficient (Wildman–Crippen LogP) is 5.08. The Morgan fingerprint density at radius 1 is 0.893 bits per heavy atom. The summed E-state index contributed by atoms with van der Waals surface area (Å²) in [4.78, 5) is 2.46. The number of ether oxygens (including phenoxy) is 2. The zero-order valence-electron chi connectivity index (χ0n) is 16.0. The van der Waals surface area contributed by atoms with Gasteiger partial charge in [0.25, 0.3) is 0 Å². The van der Waals surface area contributed by atoms with E-state index in [1.165, 1.54) is 24.3 Å². The van der Waals surface area contributed by atoms with E-state index in [0.717, 1.165) is 51.1 Å². The van der Waals surface area contributed by atoms with Gasteiger partial charge in [0.1, 0.15) is 17.4 Å². The molecule has 0 aromatic heterocycles. The van der Waals surface area contributed by atoms with Crippen LogP contribution >= 0.6 is 12.4 Å². The molecule has 1 heterocycles. The fourth-order valence-corrected chi connectivity index (χ4v) is 3.31. The molecule has 0 radical (unpaired) electrons. The quantitative estimate of drug-likeness (QED) is 0.537. The minimum absolute atomic E-state index is 0. The van der Waals surface area contributed by atoms with Crippen molar-refractivity contribution >= 4 is 12.4 Å². The minimum atomic E-state index is -0.244. The van der Waals surface area contributed by atoms with Crippen LogP contribution < -0.4 is 4.74 Å². The van der Waals surface area contributed by atoms with E-state index in [0.29, 0.717) is 24.9 Å². The lowest BCUT2D eigenvalue weighted by molar-refractivity contribution is 0.0567. The fourth-order valence-electron chi connectivity index (χ4n) is 3.31. The molecule has 0 amide bonds. The molecule has 3 nitrogen and oxygen atoms in total. The number of halogens is 3. The van der Waals surface area contributed by atoms with E-state index in [1.54, 1.807) is 24.3 Å². The molecule has 0 unspecified atom stereocenters. The molecule has 28 heavy (non-hydrogen) atoms. The van der Waals surface area contributed by atoms with E-state index in [2.05, 4.69) is 4.90 Å². The molecule has 0 bridgehead atoms. The van der Waals surface area contributed by atoms with Gasteiger partial charge in [0.15, 0.2) is 0 Å². The maximum absolute atomic E-state index is 12.9. The molecule has 6 heteroatoms. The summed E-state index contributed by atoms with van der Waals surface area (Å²) in [6.07, 6.45) is 3.24. The Hall–Kier alpha value is -1.69. The highest BCUT2D eigenvalue weighted by Gasteiger charge is 2.19. The second-order valence-electron chi connectivity index (χ2n) is 7.08. The molecular weight excluding hydrogens is 384 g/mol. The molecule has 1 saturated heterocycles. The second-order valence-corrected chi connectivity index (χ2v) is 7.08. The first-order chi connectivity index (χ1) is 13.2. The van der Waals surface area contributed by atoms with Crippen LogP contribution in [-0.4, -0.2) is 37.7 Å². The standard InChI is InChI=1S/C22H27F2NO2.ClH/c23-20-4-2-18(3-5-20)16-26-17-19-10-13-25(14-11-19)12-1-15-27-22-8-6-21(24)7-9-22;/h2-9,19H,1,10-17H2;1H. The lowest BCUT2D eigenvalue weighted by atomic mass is 9.98. The third-order valence-electron chi connectivity index (χ3n) is 4.94. The molecule has 0 aliphatic carbocycles. The van der Waals surface area contributed by atoms with Crippen LogP contribution in [0.25, 0.3) is 0 Å². The summed E-state index contributed by atoms with van der Waals surface area (Å²) in [6, 6.07) is 12.6. The predicted molar refractivity (Wildman–Crippen MR) is 109 cm³/mol. The lowest BCUT2D eigenvalue weighted by Gasteiger charge is -2.31. The SMILES string of the molecule is Cl.Fc1ccc(COCC2CCN(CCCOc3ccc(F)cc3)CC2)cc1. The molecule has 3 rings (SSSR count). The van der Waals surface area contributed by atoms with Crippen LogP contribution in [0.3, 0.4) is 0 Å². The molecule has 1 aliphatic rings. The molecule has 0 atom stereocenters.